The van der Waals surface area contributed by atoms with E-state index in [1.165, 1.54) is 6.92 Å². The van der Waals surface area contributed by atoms with Crippen LogP contribution < -0.4 is 9.47 Å². The standard InChI is InChI=1S/C26H26N2O7/c1-4-33-26(31)24(35-17(2)30)14-19-13-18(15-29)9-10-22(19)34-16-20-11-12-27-25(28-20)21-7-5-6-8-23(21)32-3/h5-13,15,24H,4,14,16H2,1-3H3. The molecule has 0 aliphatic rings. The van der Waals surface area contributed by atoms with Gasteiger partial charge in [-0.1, -0.05) is 12.1 Å². The SMILES string of the molecule is CCOC(=O)C(Cc1cc(C=O)ccc1OCc1ccnc(-c2ccccc2OC)n1)OC(C)=O. The van der Waals surface area contributed by atoms with Crippen LogP contribution in [0.3, 0.4) is 0 Å². The van der Waals surface area contributed by atoms with Crippen molar-refractivity contribution in [3.05, 3.63) is 71.5 Å². The summed E-state index contributed by atoms with van der Waals surface area (Å²) in [5, 5.41) is 0. The predicted octanol–water partition coefficient (Wildman–Crippen LogP) is 3.58. The lowest BCUT2D eigenvalue weighted by Gasteiger charge is -2.18. The van der Waals surface area contributed by atoms with Crippen LogP contribution in [0.15, 0.2) is 54.7 Å². The largest absolute Gasteiger partial charge is 0.496 e. The van der Waals surface area contributed by atoms with Crippen molar-refractivity contribution >= 4 is 18.2 Å². The van der Waals surface area contributed by atoms with Crippen LogP contribution in [0.5, 0.6) is 11.5 Å². The highest BCUT2D eigenvalue weighted by molar-refractivity contribution is 5.80. The molecule has 0 fully saturated rings. The molecule has 2 aromatic carbocycles. The number of carbonyl (C=O) groups excluding carboxylic acids is 3. The molecule has 0 saturated carbocycles. The van der Waals surface area contributed by atoms with E-state index < -0.39 is 18.0 Å². The van der Waals surface area contributed by atoms with Crippen molar-refractivity contribution in [3.8, 4) is 22.9 Å². The fourth-order valence-electron chi connectivity index (χ4n) is 3.37. The number of para-hydroxylation sites is 1. The van der Waals surface area contributed by atoms with Crippen molar-refractivity contribution < 1.29 is 33.3 Å². The normalized spacial score (nSPS) is 11.3. The summed E-state index contributed by atoms with van der Waals surface area (Å²) in [5.74, 6) is 0.240. The number of hydrogen-bond donors (Lipinski definition) is 0. The molecular formula is C26H26N2O7. The quantitative estimate of drug-likeness (QED) is 0.301. The molecular weight excluding hydrogens is 452 g/mol. The fraction of sp³-hybridized carbons (Fsp3) is 0.269. The van der Waals surface area contributed by atoms with Crippen molar-refractivity contribution in [2.45, 2.75) is 33.0 Å². The average Bonchev–Trinajstić information content (AvgIpc) is 2.87. The first kappa shape index (κ1) is 25.4. The van der Waals surface area contributed by atoms with Crippen LogP contribution in [0.1, 0.15) is 35.5 Å². The van der Waals surface area contributed by atoms with Gasteiger partial charge >= 0.3 is 11.9 Å². The number of esters is 2. The summed E-state index contributed by atoms with van der Waals surface area (Å²) in [5.41, 5.74) is 2.24. The Labute approximate surface area is 203 Å². The monoisotopic (exact) mass is 478 g/mol. The second kappa shape index (κ2) is 12.3. The Hall–Kier alpha value is -4.27. The van der Waals surface area contributed by atoms with Crippen LogP contribution in [0.25, 0.3) is 11.4 Å². The zero-order valence-corrected chi connectivity index (χ0v) is 19.7. The highest BCUT2D eigenvalue weighted by Crippen LogP contribution is 2.27. The summed E-state index contributed by atoms with van der Waals surface area (Å²) in [6.45, 7) is 3.09. The Bertz CT molecular complexity index is 1200. The van der Waals surface area contributed by atoms with Crippen molar-refractivity contribution in [3.63, 3.8) is 0 Å². The van der Waals surface area contributed by atoms with Gasteiger partial charge < -0.3 is 18.9 Å². The number of ether oxygens (including phenoxy) is 4. The van der Waals surface area contributed by atoms with E-state index in [9.17, 15) is 14.4 Å². The zero-order valence-electron chi connectivity index (χ0n) is 19.7. The topological polar surface area (TPSA) is 114 Å². The molecule has 0 N–H and O–H groups in total. The van der Waals surface area contributed by atoms with Crippen LogP contribution in [-0.2, 0) is 32.1 Å². The first-order chi connectivity index (χ1) is 16.9. The lowest BCUT2D eigenvalue weighted by atomic mass is 10.0. The molecule has 1 atom stereocenters. The van der Waals surface area contributed by atoms with Gasteiger partial charge in [-0.25, -0.2) is 14.8 Å². The number of hydrogen-bond acceptors (Lipinski definition) is 9. The molecule has 0 amide bonds. The minimum absolute atomic E-state index is 0.0222. The fourth-order valence-corrected chi connectivity index (χ4v) is 3.37. The smallest absolute Gasteiger partial charge is 0.347 e. The number of methoxy groups -OCH3 is 1. The summed E-state index contributed by atoms with van der Waals surface area (Å²) in [7, 11) is 1.58. The van der Waals surface area contributed by atoms with Crippen molar-refractivity contribution in [2.24, 2.45) is 0 Å². The van der Waals surface area contributed by atoms with Crippen LogP contribution in [0, 0.1) is 0 Å². The van der Waals surface area contributed by atoms with Gasteiger partial charge in [0.25, 0.3) is 0 Å². The van der Waals surface area contributed by atoms with Gasteiger partial charge in [-0.15, -0.1) is 0 Å². The van der Waals surface area contributed by atoms with Gasteiger partial charge in [0.05, 0.1) is 25.0 Å². The van der Waals surface area contributed by atoms with Gasteiger partial charge in [0.15, 0.2) is 5.82 Å². The summed E-state index contributed by atoms with van der Waals surface area (Å²) in [6.07, 6.45) is 1.11. The molecule has 35 heavy (non-hydrogen) atoms. The number of benzene rings is 2. The van der Waals surface area contributed by atoms with E-state index in [0.717, 1.165) is 5.56 Å². The number of nitrogens with zero attached hydrogens (tertiary/aromatic N) is 2. The second-order valence-corrected chi connectivity index (χ2v) is 7.40. The molecule has 1 heterocycles. The number of aldehydes is 1. The Morgan fingerprint density at radius 1 is 1.09 bits per heavy atom. The predicted molar refractivity (Wildman–Crippen MR) is 126 cm³/mol. The maximum atomic E-state index is 12.3. The molecule has 1 unspecified atom stereocenters. The molecule has 182 valence electrons. The Kier molecular flexibility index (Phi) is 8.89. The molecule has 1 aromatic heterocycles. The highest BCUT2D eigenvalue weighted by Gasteiger charge is 2.25. The van der Waals surface area contributed by atoms with E-state index in [4.69, 9.17) is 18.9 Å². The van der Waals surface area contributed by atoms with Gasteiger partial charge in [-0.05, 0) is 48.9 Å². The van der Waals surface area contributed by atoms with E-state index >= 15 is 0 Å². The van der Waals surface area contributed by atoms with Crippen LogP contribution in [-0.4, -0.2) is 48.0 Å². The van der Waals surface area contributed by atoms with E-state index in [2.05, 4.69) is 9.97 Å². The number of carbonyl (C=O) groups is 3. The molecule has 9 nitrogen and oxygen atoms in total. The molecule has 0 aliphatic carbocycles. The maximum Gasteiger partial charge on any atom is 0.347 e. The third-order valence-electron chi connectivity index (χ3n) is 4.92. The van der Waals surface area contributed by atoms with Crippen molar-refractivity contribution in [1.82, 2.24) is 9.97 Å². The van der Waals surface area contributed by atoms with Gasteiger partial charge in [-0.2, -0.15) is 0 Å². The Morgan fingerprint density at radius 2 is 1.89 bits per heavy atom. The summed E-state index contributed by atoms with van der Waals surface area (Å²) in [4.78, 5) is 44.1. The molecule has 9 heteroatoms. The molecule has 3 aromatic rings. The van der Waals surface area contributed by atoms with E-state index in [0.29, 0.717) is 40.4 Å². The van der Waals surface area contributed by atoms with E-state index in [1.54, 1.807) is 44.5 Å². The summed E-state index contributed by atoms with van der Waals surface area (Å²) >= 11 is 0. The van der Waals surface area contributed by atoms with Crippen LogP contribution >= 0.6 is 0 Å². The summed E-state index contributed by atoms with van der Waals surface area (Å²) in [6, 6.07) is 13.9. The molecule has 0 aliphatic heterocycles. The first-order valence-electron chi connectivity index (χ1n) is 10.9. The third-order valence-corrected chi connectivity index (χ3v) is 4.92. The Morgan fingerprint density at radius 3 is 2.60 bits per heavy atom. The van der Waals surface area contributed by atoms with Crippen molar-refractivity contribution in [2.75, 3.05) is 13.7 Å². The second-order valence-electron chi connectivity index (χ2n) is 7.40. The van der Waals surface area contributed by atoms with Gasteiger partial charge in [0.2, 0.25) is 6.10 Å². The van der Waals surface area contributed by atoms with E-state index in [1.807, 2.05) is 24.3 Å². The lowest BCUT2D eigenvalue weighted by Crippen LogP contribution is -2.30. The minimum atomic E-state index is -1.17. The number of rotatable bonds is 11. The van der Waals surface area contributed by atoms with Crippen LogP contribution in [0.4, 0.5) is 0 Å². The third kappa shape index (κ3) is 6.86. The zero-order chi connectivity index (χ0) is 25.2. The average molecular weight is 479 g/mol. The first-order valence-corrected chi connectivity index (χ1v) is 10.9. The minimum Gasteiger partial charge on any atom is -0.496 e. The number of aromatic nitrogens is 2. The molecule has 0 spiro atoms. The van der Waals surface area contributed by atoms with Gasteiger partial charge in [0, 0.05) is 25.1 Å². The van der Waals surface area contributed by atoms with Gasteiger partial charge in [0.1, 0.15) is 24.4 Å². The lowest BCUT2D eigenvalue weighted by molar-refractivity contribution is -0.166. The molecule has 0 bridgehead atoms. The maximum absolute atomic E-state index is 12.3. The van der Waals surface area contributed by atoms with E-state index in [-0.39, 0.29) is 19.6 Å². The molecule has 0 saturated heterocycles. The summed E-state index contributed by atoms with van der Waals surface area (Å²) < 4.78 is 21.6. The molecule has 0 radical (unpaired) electrons. The van der Waals surface area contributed by atoms with Crippen molar-refractivity contribution in [1.29, 1.82) is 0 Å². The Balaban J connectivity index is 1.84. The molecule has 3 rings (SSSR count). The van der Waals surface area contributed by atoms with Crippen LogP contribution in [0.2, 0.25) is 0 Å². The highest BCUT2D eigenvalue weighted by atomic mass is 16.6. The van der Waals surface area contributed by atoms with Gasteiger partial charge in [-0.3, -0.25) is 9.59 Å².